The zero-order chi connectivity index (χ0) is 21.6. The molecule has 0 radical (unpaired) electrons. The van der Waals surface area contributed by atoms with E-state index in [4.69, 9.17) is 0 Å². The van der Waals surface area contributed by atoms with E-state index in [0.717, 1.165) is 43.7 Å². The Hall–Kier alpha value is -2.82. The van der Waals surface area contributed by atoms with Crippen molar-refractivity contribution in [1.82, 2.24) is 4.90 Å². The molecule has 1 heterocycles. The normalized spacial score (nSPS) is 15.0. The molecule has 1 saturated heterocycles. The van der Waals surface area contributed by atoms with Gasteiger partial charge in [-0.15, -0.1) is 0 Å². The van der Waals surface area contributed by atoms with Gasteiger partial charge in [0.1, 0.15) is 5.54 Å². The second kappa shape index (κ2) is 9.79. The summed E-state index contributed by atoms with van der Waals surface area (Å²) in [7, 11) is 0. The van der Waals surface area contributed by atoms with Crippen LogP contribution in [0.3, 0.4) is 0 Å². The van der Waals surface area contributed by atoms with Crippen molar-refractivity contribution >= 4 is 23.2 Å². The van der Waals surface area contributed by atoms with Gasteiger partial charge in [0.05, 0.1) is 0 Å². The fourth-order valence-electron chi connectivity index (χ4n) is 3.95. The summed E-state index contributed by atoms with van der Waals surface area (Å²) in [6.45, 7) is 7.44. The maximum Gasteiger partial charge on any atom is 0.247 e. The Balaban J connectivity index is 1.43. The molecule has 3 rings (SSSR count). The van der Waals surface area contributed by atoms with E-state index in [-0.39, 0.29) is 11.8 Å². The van der Waals surface area contributed by atoms with Gasteiger partial charge < -0.3 is 15.5 Å². The monoisotopic (exact) mass is 407 g/mol. The molecule has 5 nitrogen and oxygen atoms in total. The van der Waals surface area contributed by atoms with Crippen molar-refractivity contribution in [2.45, 2.75) is 52.0 Å². The molecular formula is C25H33N3O2. The van der Waals surface area contributed by atoms with Crippen LogP contribution in [0.2, 0.25) is 0 Å². The molecule has 2 amide bonds. The zero-order valence-electron chi connectivity index (χ0n) is 18.3. The lowest BCUT2D eigenvalue weighted by atomic mass is 9.90. The first-order valence-corrected chi connectivity index (χ1v) is 10.8. The summed E-state index contributed by atoms with van der Waals surface area (Å²) in [5, 5.41) is 6.32. The maximum absolute atomic E-state index is 13.1. The van der Waals surface area contributed by atoms with Crippen LogP contribution in [0.25, 0.3) is 0 Å². The fourth-order valence-corrected chi connectivity index (χ4v) is 3.95. The Labute approximate surface area is 179 Å². The van der Waals surface area contributed by atoms with Crippen LogP contribution >= 0.6 is 0 Å². The van der Waals surface area contributed by atoms with Crippen LogP contribution in [0.1, 0.15) is 45.1 Å². The SMILES string of the molecule is Cc1ccc(NC(C)(C)C(=O)N2CCC(CCC(=O)Nc3ccccc3)CC2)cc1. The summed E-state index contributed by atoms with van der Waals surface area (Å²) in [5.74, 6) is 0.676. The highest BCUT2D eigenvalue weighted by atomic mass is 16.2. The molecule has 0 unspecified atom stereocenters. The van der Waals surface area contributed by atoms with Crippen molar-refractivity contribution in [3.8, 4) is 0 Å². The number of anilines is 2. The van der Waals surface area contributed by atoms with Gasteiger partial charge in [0.25, 0.3) is 0 Å². The lowest BCUT2D eigenvalue weighted by Crippen LogP contribution is -2.52. The van der Waals surface area contributed by atoms with E-state index in [0.29, 0.717) is 12.3 Å². The van der Waals surface area contributed by atoms with Crippen molar-refractivity contribution in [3.63, 3.8) is 0 Å². The van der Waals surface area contributed by atoms with Gasteiger partial charge >= 0.3 is 0 Å². The Bertz CT molecular complexity index is 838. The van der Waals surface area contributed by atoms with Crippen LogP contribution in [0.5, 0.6) is 0 Å². The molecule has 0 bridgehead atoms. The molecule has 0 aromatic heterocycles. The zero-order valence-corrected chi connectivity index (χ0v) is 18.3. The summed E-state index contributed by atoms with van der Waals surface area (Å²) in [4.78, 5) is 27.2. The third kappa shape index (κ3) is 6.09. The standard InChI is InChI=1S/C25H33N3O2/c1-19-9-12-22(13-10-19)27-25(2,3)24(30)28-17-15-20(16-18-28)11-14-23(29)26-21-7-5-4-6-8-21/h4-10,12-13,20,27H,11,14-18H2,1-3H3,(H,26,29). The molecule has 0 aliphatic carbocycles. The van der Waals surface area contributed by atoms with Gasteiger partial charge in [0.2, 0.25) is 11.8 Å². The number of piperidine rings is 1. The summed E-state index contributed by atoms with van der Waals surface area (Å²) in [6.07, 6.45) is 3.29. The first kappa shape index (κ1) is 21.9. The number of nitrogens with zero attached hydrogens (tertiary/aromatic N) is 1. The summed E-state index contributed by atoms with van der Waals surface area (Å²) >= 11 is 0. The Morgan fingerprint density at radius 1 is 0.967 bits per heavy atom. The number of aryl methyl sites for hydroxylation is 1. The van der Waals surface area contributed by atoms with Crippen molar-refractivity contribution in [2.75, 3.05) is 23.7 Å². The Morgan fingerprint density at radius 2 is 1.60 bits per heavy atom. The molecule has 5 heteroatoms. The highest BCUT2D eigenvalue weighted by Crippen LogP contribution is 2.25. The van der Waals surface area contributed by atoms with Crippen molar-refractivity contribution in [3.05, 3.63) is 60.2 Å². The molecule has 1 aliphatic rings. The number of amides is 2. The molecule has 160 valence electrons. The van der Waals surface area contributed by atoms with E-state index < -0.39 is 5.54 Å². The number of carbonyl (C=O) groups is 2. The topological polar surface area (TPSA) is 61.4 Å². The first-order chi connectivity index (χ1) is 14.3. The molecule has 0 spiro atoms. The summed E-state index contributed by atoms with van der Waals surface area (Å²) < 4.78 is 0. The predicted octanol–water partition coefficient (Wildman–Crippen LogP) is 4.84. The van der Waals surface area contributed by atoms with Crippen molar-refractivity contribution < 1.29 is 9.59 Å². The number of hydrogen-bond donors (Lipinski definition) is 2. The highest BCUT2D eigenvalue weighted by Gasteiger charge is 2.34. The highest BCUT2D eigenvalue weighted by molar-refractivity contribution is 5.90. The molecule has 2 aromatic carbocycles. The van der Waals surface area contributed by atoms with Crippen molar-refractivity contribution in [2.24, 2.45) is 5.92 Å². The average molecular weight is 408 g/mol. The number of nitrogens with one attached hydrogen (secondary N) is 2. The van der Waals surface area contributed by atoms with Crippen LogP contribution in [0.15, 0.2) is 54.6 Å². The molecule has 2 N–H and O–H groups in total. The van der Waals surface area contributed by atoms with E-state index in [9.17, 15) is 9.59 Å². The Morgan fingerprint density at radius 3 is 2.23 bits per heavy atom. The van der Waals surface area contributed by atoms with Gasteiger partial charge in [-0.3, -0.25) is 9.59 Å². The molecular weight excluding hydrogens is 374 g/mol. The van der Waals surface area contributed by atoms with E-state index in [1.807, 2.05) is 73.3 Å². The molecule has 30 heavy (non-hydrogen) atoms. The quantitative estimate of drug-likeness (QED) is 0.690. The van der Waals surface area contributed by atoms with Crippen LogP contribution in [0.4, 0.5) is 11.4 Å². The van der Waals surface area contributed by atoms with Gasteiger partial charge in [0, 0.05) is 30.9 Å². The number of rotatable bonds is 7. The smallest absolute Gasteiger partial charge is 0.247 e. The van der Waals surface area contributed by atoms with Crippen LogP contribution in [-0.2, 0) is 9.59 Å². The van der Waals surface area contributed by atoms with Crippen LogP contribution < -0.4 is 10.6 Å². The van der Waals surface area contributed by atoms with Gasteiger partial charge in [0.15, 0.2) is 0 Å². The van der Waals surface area contributed by atoms with Gasteiger partial charge in [-0.1, -0.05) is 35.9 Å². The van der Waals surface area contributed by atoms with Crippen LogP contribution in [-0.4, -0.2) is 35.3 Å². The number of carbonyl (C=O) groups excluding carboxylic acids is 2. The minimum Gasteiger partial charge on any atom is -0.372 e. The fraction of sp³-hybridized carbons (Fsp3) is 0.440. The molecule has 0 atom stereocenters. The predicted molar refractivity (Wildman–Crippen MR) is 122 cm³/mol. The van der Waals surface area contributed by atoms with Crippen LogP contribution in [0, 0.1) is 12.8 Å². The second-order valence-corrected chi connectivity index (χ2v) is 8.80. The molecule has 1 fully saturated rings. The molecule has 1 aliphatic heterocycles. The Kier molecular flexibility index (Phi) is 7.14. The summed E-state index contributed by atoms with van der Waals surface area (Å²) in [5.41, 5.74) is 2.34. The van der Waals surface area contributed by atoms with Gasteiger partial charge in [-0.25, -0.2) is 0 Å². The van der Waals surface area contributed by atoms with E-state index in [1.165, 1.54) is 5.56 Å². The third-order valence-electron chi connectivity index (χ3n) is 5.78. The summed E-state index contributed by atoms with van der Waals surface area (Å²) in [6, 6.07) is 17.7. The molecule has 0 saturated carbocycles. The average Bonchev–Trinajstić information content (AvgIpc) is 2.74. The van der Waals surface area contributed by atoms with E-state index in [1.54, 1.807) is 0 Å². The minimum atomic E-state index is -0.655. The first-order valence-electron chi connectivity index (χ1n) is 10.8. The molecule has 2 aromatic rings. The second-order valence-electron chi connectivity index (χ2n) is 8.80. The van der Waals surface area contributed by atoms with Crippen molar-refractivity contribution in [1.29, 1.82) is 0 Å². The van der Waals surface area contributed by atoms with Gasteiger partial charge in [-0.05, 0) is 70.2 Å². The third-order valence-corrected chi connectivity index (χ3v) is 5.78. The lowest BCUT2D eigenvalue weighted by Gasteiger charge is -2.37. The van der Waals surface area contributed by atoms with Gasteiger partial charge in [-0.2, -0.15) is 0 Å². The number of hydrogen-bond acceptors (Lipinski definition) is 3. The lowest BCUT2D eigenvalue weighted by molar-refractivity contribution is -0.136. The van der Waals surface area contributed by atoms with E-state index >= 15 is 0 Å². The van der Waals surface area contributed by atoms with E-state index in [2.05, 4.69) is 17.6 Å². The maximum atomic E-state index is 13.1. The minimum absolute atomic E-state index is 0.0585. The number of benzene rings is 2. The number of para-hydroxylation sites is 1. The number of likely N-dealkylation sites (tertiary alicyclic amines) is 1. The largest absolute Gasteiger partial charge is 0.372 e.